The highest BCUT2D eigenvalue weighted by Crippen LogP contribution is 2.61. The molecule has 0 aromatic rings. The molecule has 0 aliphatic rings. The Labute approximate surface area is 149 Å². The zero-order chi connectivity index (χ0) is 18.3. The Hall–Kier alpha value is 0.300. The zero-order valence-corrected chi connectivity index (χ0v) is 18.3. The van der Waals surface area contributed by atoms with Crippen LogP contribution in [0.25, 0.3) is 0 Å². The van der Waals surface area contributed by atoms with Crippen molar-refractivity contribution in [2.75, 3.05) is 78.4 Å². The molecule has 0 radical (unpaired) electrons. The minimum absolute atomic E-state index is 0.657. The lowest BCUT2D eigenvalue weighted by atomic mass is 10.8. The Bertz CT molecular complexity index is 391. The van der Waals surface area contributed by atoms with E-state index in [9.17, 15) is 0 Å². The first-order valence-corrected chi connectivity index (χ1v) is 13.5. The van der Waals surface area contributed by atoms with E-state index in [4.69, 9.17) is 28.2 Å². The van der Waals surface area contributed by atoms with E-state index in [0.29, 0.717) is 39.1 Å². The van der Waals surface area contributed by atoms with Gasteiger partial charge in [0, 0.05) is 52.9 Å². The van der Waals surface area contributed by atoms with Crippen molar-refractivity contribution in [2.24, 2.45) is 9.26 Å². The molecule has 0 spiro atoms. The Morgan fingerprint density at radius 3 is 1.46 bits per heavy atom. The normalized spacial score (nSPS) is 12.4. The first-order chi connectivity index (χ1) is 11.5. The van der Waals surface area contributed by atoms with E-state index in [1.54, 1.807) is 0 Å². The van der Waals surface area contributed by atoms with Crippen molar-refractivity contribution in [1.29, 1.82) is 0 Å². The van der Waals surface area contributed by atoms with E-state index in [1.165, 1.54) is 0 Å². The second-order valence-corrected chi connectivity index (χ2v) is 12.6. The molecule has 0 heterocycles. The van der Waals surface area contributed by atoms with E-state index in [2.05, 4.69) is 6.66 Å². The fraction of sp³-hybridized carbons (Fsp3) is 1.00. The molecule has 0 bridgehead atoms. The summed E-state index contributed by atoms with van der Waals surface area (Å²) in [5.74, 6) is 0. The Balaban J connectivity index is 5.48. The van der Waals surface area contributed by atoms with Crippen molar-refractivity contribution in [3.05, 3.63) is 0 Å². The maximum Gasteiger partial charge on any atom is 0.0834 e. The molecule has 0 aromatic heterocycles. The second-order valence-electron chi connectivity index (χ2n) is 5.59. The third kappa shape index (κ3) is 10.3. The molecule has 24 heavy (non-hydrogen) atoms. The van der Waals surface area contributed by atoms with Gasteiger partial charge in [0.05, 0.1) is 33.1 Å². The minimum Gasteiger partial charge on any atom is -0.381 e. The van der Waals surface area contributed by atoms with Gasteiger partial charge in [0.2, 0.25) is 0 Å². The topological polar surface area (TPSA) is 61.6 Å². The quantitative estimate of drug-likeness (QED) is 0.305. The molecular weight excluding hydrogens is 346 g/mol. The van der Waals surface area contributed by atoms with Crippen LogP contribution in [0.4, 0.5) is 0 Å². The Morgan fingerprint density at radius 1 is 0.708 bits per heavy atom. The number of hydrogen-bond acceptors (Lipinski definition) is 5. The van der Waals surface area contributed by atoms with Crippen LogP contribution in [0.2, 0.25) is 0 Å². The highest BCUT2D eigenvalue weighted by molar-refractivity contribution is 7.76. The highest BCUT2D eigenvalue weighted by atomic mass is 31.2. The number of rotatable bonds is 15. The van der Waals surface area contributed by atoms with Crippen molar-refractivity contribution in [2.45, 2.75) is 27.7 Å². The van der Waals surface area contributed by atoms with Crippen LogP contribution < -0.4 is 0 Å². The summed E-state index contributed by atoms with van der Waals surface area (Å²) in [5.41, 5.74) is 0. The van der Waals surface area contributed by atoms with Crippen molar-refractivity contribution >= 4 is 14.3 Å². The molecule has 8 heteroatoms. The average Bonchev–Trinajstić information content (AvgIpc) is 2.58. The van der Waals surface area contributed by atoms with E-state index in [-0.39, 0.29) is 0 Å². The predicted molar refractivity (Wildman–Crippen MR) is 106 cm³/mol. The summed E-state index contributed by atoms with van der Waals surface area (Å²) in [4.78, 5) is 0. The van der Waals surface area contributed by atoms with Crippen LogP contribution in [0.5, 0.6) is 0 Å². The van der Waals surface area contributed by atoms with Crippen LogP contribution in [0.3, 0.4) is 0 Å². The van der Waals surface area contributed by atoms with E-state index < -0.39 is 14.3 Å². The average molecular weight is 384 g/mol. The van der Waals surface area contributed by atoms with Crippen molar-refractivity contribution < 1.29 is 18.9 Å². The van der Waals surface area contributed by atoms with Crippen molar-refractivity contribution in [3.8, 4) is 0 Å². The molecule has 0 aliphatic carbocycles. The lowest BCUT2D eigenvalue weighted by molar-refractivity contribution is 0.160. The molecular formula is C16H38N2O4P2. The third-order valence-electron chi connectivity index (χ3n) is 3.50. The van der Waals surface area contributed by atoms with Gasteiger partial charge in [-0.25, -0.2) is 0 Å². The zero-order valence-electron chi connectivity index (χ0n) is 16.5. The van der Waals surface area contributed by atoms with Crippen LogP contribution in [-0.4, -0.2) is 78.4 Å². The second kappa shape index (κ2) is 14.5. The molecule has 6 nitrogen and oxygen atoms in total. The summed E-state index contributed by atoms with van der Waals surface area (Å²) in [6.07, 6.45) is 3.06. The van der Waals surface area contributed by atoms with E-state index >= 15 is 0 Å². The Morgan fingerprint density at radius 2 is 1.12 bits per heavy atom. The van der Waals surface area contributed by atoms with Gasteiger partial charge in [-0.05, 0) is 34.4 Å². The molecule has 0 amide bonds. The molecule has 0 N–H and O–H groups in total. The molecule has 0 unspecified atom stereocenters. The molecule has 0 saturated heterocycles. The van der Waals surface area contributed by atoms with Crippen molar-refractivity contribution in [3.63, 3.8) is 0 Å². The maximum atomic E-state index is 5.73. The standard InChI is InChI=1S/C16H38N2O4P2/c1-7-19-11-13-24(17-5,14-12-20-8-2)18-23(6,15-21-9-3)16-22-10-4/h7-16H2,1-6H3. The SMILES string of the molecule is CCOCCP(CCOCC)(N=P(C)(COCC)COCC)=NC. The molecule has 0 atom stereocenters. The smallest absolute Gasteiger partial charge is 0.0834 e. The molecule has 0 aromatic carbocycles. The number of nitrogens with zero attached hydrogens (tertiary/aromatic N) is 2. The van der Waals surface area contributed by atoms with E-state index in [0.717, 1.165) is 25.5 Å². The van der Waals surface area contributed by atoms with Gasteiger partial charge in [-0.3, -0.25) is 9.26 Å². The van der Waals surface area contributed by atoms with Crippen LogP contribution in [0.1, 0.15) is 27.7 Å². The van der Waals surface area contributed by atoms with Gasteiger partial charge in [-0.2, -0.15) is 0 Å². The van der Waals surface area contributed by atoms with Crippen LogP contribution >= 0.6 is 14.3 Å². The van der Waals surface area contributed by atoms with Crippen molar-refractivity contribution in [1.82, 2.24) is 0 Å². The molecule has 0 aliphatic heterocycles. The largest absolute Gasteiger partial charge is 0.381 e. The molecule has 0 fully saturated rings. The summed E-state index contributed by atoms with van der Waals surface area (Å²) in [6.45, 7) is 14.5. The number of hydrogen-bond donors (Lipinski definition) is 0. The van der Waals surface area contributed by atoms with E-state index in [1.807, 2.05) is 34.7 Å². The van der Waals surface area contributed by atoms with Gasteiger partial charge in [-0.15, -0.1) is 0 Å². The maximum absolute atomic E-state index is 5.73. The monoisotopic (exact) mass is 384 g/mol. The first-order valence-electron chi connectivity index (χ1n) is 8.90. The molecule has 0 saturated carbocycles. The fourth-order valence-corrected chi connectivity index (χ4v) is 9.58. The van der Waals surface area contributed by atoms with Crippen LogP contribution in [-0.2, 0) is 18.9 Å². The van der Waals surface area contributed by atoms with Gasteiger partial charge in [-0.1, -0.05) is 0 Å². The molecule has 146 valence electrons. The number of ether oxygens (including phenoxy) is 4. The summed E-state index contributed by atoms with van der Waals surface area (Å²) >= 11 is 0. The molecule has 0 rings (SSSR count). The van der Waals surface area contributed by atoms with Gasteiger partial charge in [0.15, 0.2) is 0 Å². The summed E-state index contributed by atoms with van der Waals surface area (Å²) in [5, 5.41) is 0. The Kier molecular flexibility index (Phi) is 14.6. The minimum atomic E-state index is -1.85. The van der Waals surface area contributed by atoms with Crippen LogP contribution in [0.15, 0.2) is 9.26 Å². The highest BCUT2D eigenvalue weighted by Gasteiger charge is 2.23. The third-order valence-corrected chi connectivity index (χ3v) is 10.6. The predicted octanol–water partition coefficient (Wildman–Crippen LogP) is 4.62. The lowest BCUT2D eigenvalue weighted by Gasteiger charge is -2.27. The van der Waals surface area contributed by atoms with Gasteiger partial charge < -0.3 is 18.9 Å². The van der Waals surface area contributed by atoms with Gasteiger partial charge >= 0.3 is 0 Å². The fourth-order valence-electron chi connectivity index (χ4n) is 2.22. The van der Waals surface area contributed by atoms with Gasteiger partial charge in [0.25, 0.3) is 0 Å². The summed E-state index contributed by atoms with van der Waals surface area (Å²) in [7, 11) is -1.67. The lowest BCUT2D eigenvalue weighted by Crippen LogP contribution is -2.09. The first kappa shape index (κ1) is 24.3. The van der Waals surface area contributed by atoms with Gasteiger partial charge in [0.1, 0.15) is 0 Å². The van der Waals surface area contributed by atoms with Crippen LogP contribution in [0, 0.1) is 0 Å². The summed E-state index contributed by atoms with van der Waals surface area (Å²) < 4.78 is 32.7. The summed E-state index contributed by atoms with van der Waals surface area (Å²) in [6, 6.07) is 0.